The van der Waals surface area contributed by atoms with Crippen molar-refractivity contribution in [2.45, 2.75) is 19.6 Å². The zero-order valence-electron chi connectivity index (χ0n) is 8.34. The molecule has 0 aromatic rings. The van der Waals surface area contributed by atoms with E-state index >= 15 is 0 Å². The molecule has 0 saturated carbocycles. The predicted octanol–water partition coefficient (Wildman–Crippen LogP) is 0.885. The van der Waals surface area contributed by atoms with E-state index in [1.807, 2.05) is 19.6 Å². The molecule has 0 atom stereocenters. The Morgan fingerprint density at radius 1 is 1.46 bits per heavy atom. The van der Waals surface area contributed by atoms with Crippen molar-refractivity contribution in [3.05, 3.63) is 0 Å². The van der Waals surface area contributed by atoms with Gasteiger partial charge in [-0.2, -0.15) is 0 Å². The van der Waals surface area contributed by atoms with E-state index in [9.17, 15) is 4.79 Å². The van der Waals surface area contributed by atoms with Crippen molar-refractivity contribution in [1.29, 1.82) is 0 Å². The fourth-order valence-electron chi connectivity index (χ4n) is 0.594. The summed E-state index contributed by atoms with van der Waals surface area (Å²) in [4.78, 5) is 11.1. The van der Waals surface area contributed by atoms with Gasteiger partial charge < -0.3 is 14.5 Å². The standard InChI is InChI=1S/C7H15NO3SSi/c1-10-7(12)8-5-6(9)11-13(2,3)4/h5H2,1-4H3,(H,8,12). The van der Waals surface area contributed by atoms with Crippen molar-refractivity contribution in [2.24, 2.45) is 0 Å². The van der Waals surface area contributed by atoms with E-state index in [1.54, 1.807) is 0 Å². The first kappa shape index (κ1) is 12.4. The molecule has 0 aromatic carbocycles. The average Bonchev–Trinajstić information content (AvgIpc) is 1.97. The maximum Gasteiger partial charge on any atom is 0.312 e. The molecule has 0 aliphatic carbocycles. The van der Waals surface area contributed by atoms with Gasteiger partial charge >= 0.3 is 5.97 Å². The van der Waals surface area contributed by atoms with Crippen LogP contribution in [0.2, 0.25) is 19.6 Å². The highest BCUT2D eigenvalue weighted by molar-refractivity contribution is 7.80. The van der Waals surface area contributed by atoms with Crippen LogP contribution in [0.15, 0.2) is 0 Å². The summed E-state index contributed by atoms with van der Waals surface area (Å²) in [5.74, 6) is -0.293. The van der Waals surface area contributed by atoms with Crippen LogP contribution in [0.25, 0.3) is 0 Å². The number of thiocarbonyl (C=S) groups is 1. The molecule has 6 heteroatoms. The number of nitrogens with one attached hydrogen (secondary N) is 1. The molecule has 1 N–H and O–H groups in total. The number of hydrogen-bond donors (Lipinski definition) is 1. The van der Waals surface area contributed by atoms with Crippen LogP contribution in [0, 0.1) is 0 Å². The van der Waals surface area contributed by atoms with Crippen LogP contribution in [0.1, 0.15) is 0 Å². The molecule has 76 valence electrons. The van der Waals surface area contributed by atoms with Gasteiger partial charge in [0.1, 0.15) is 6.54 Å². The molecule has 0 bridgehead atoms. The van der Waals surface area contributed by atoms with Gasteiger partial charge in [0.05, 0.1) is 7.11 Å². The Morgan fingerprint density at radius 3 is 2.38 bits per heavy atom. The molecule has 0 amide bonds. The van der Waals surface area contributed by atoms with Crippen molar-refractivity contribution < 1.29 is 14.0 Å². The molecule has 0 aromatic heterocycles. The van der Waals surface area contributed by atoms with Crippen LogP contribution in [0.5, 0.6) is 0 Å². The van der Waals surface area contributed by atoms with Crippen LogP contribution >= 0.6 is 12.2 Å². The van der Waals surface area contributed by atoms with Gasteiger partial charge in [0, 0.05) is 0 Å². The minimum absolute atomic E-state index is 0.0664. The Bertz CT molecular complexity index is 202. The van der Waals surface area contributed by atoms with Gasteiger partial charge in [-0.15, -0.1) is 0 Å². The van der Waals surface area contributed by atoms with Crippen molar-refractivity contribution in [2.75, 3.05) is 13.7 Å². The summed E-state index contributed by atoms with van der Waals surface area (Å²) in [6, 6.07) is 0. The van der Waals surface area contributed by atoms with E-state index in [4.69, 9.17) is 4.43 Å². The number of carbonyl (C=O) groups is 1. The molecule has 0 unspecified atom stereocenters. The molecule has 0 rings (SSSR count). The first-order valence-electron chi connectivity index (χ1n) is 3.89. The molecule has 13 heavy (non-hydrogen) atoms. The Balaban J connectivity index is 3.71. The second kappa shape index (κ2) is 5.18. The van der Waals surface area contributed by atoms with E-state index in [0.717, 1.165) is 0 Å². The molecule has 0 spiro atoms. The quantitative estimate of drug-likeness (QED) is 0.566. The molecular weight excluding hydrogens is 206 g/mol. The summed E-state index contributed by atoms with van der Waals surface area (Å²) < 4.78 is 9.81. The number of rotatable bonds is 3. The lowest BCUT2D eigenvalue weighted by Crippen LogP contribution is -2.36. The topological polar surface area (TPSA) is 47.6 Å². The third kappa shape index (κ3) is 7.73. The van der Waals surface area contributed by atoms with Gasteiger partial charge in [-0.1, -0.05) is 0 Å². The molecule has 0 radical (unpaired) electrons. The van der Waals surface area contributed by atoms with Gasteiger partial charge in [-0.25, -0.2) is 0 Å². The third-order valence-corrected chi connectivity index (χ3v) is 2.13. The number of carbonyl (C=O) groups excluding carboxylic acids is 1. The largest absolute Gasteiger partial charge is 0.519 e. The Hall–Kier alpha value is -0.623. The smallest absolute Gasteiger partial charge is 0.312 e. The summed E-state index contributed by atoms with van der Waals surface area (Å²) in [7, 11) is -0.332. The molecule has 0 fully saturated rings. The van der Waals surface area contributed by atoms with Crippen molar-refractivity contribution in [3.63, 3.8) is 0 Å². The van der Waals surface area contributed by atoms with Crippen LogP contribution in [0.3, 0.4) is 0 Å². The van der Waals surface area contributed by atoms with Gasteiger partial charge in [0.25, 0.3) is 5.17 Å². The Morgan fingerprint density at radius 2 is 2.00 bits per heavy atom. The normalized spacial score (nSPS) is 10.5. The summed E-state index contributed by atoms with van der Waals surface area (Å²) in [6.45, 7) is 5.90. The lowest BCUT2D eigenvalue weighted by atomic mass is 10.7. The maximum absolute atomic E-state index is 11.1. The summed E-state index contributed by atoms with van der Waals surface area (Å²) in [5.41, 5.74) is 0. The highest BCUT2D eigenvalue weighted by atomic mass is 32.1. The van der Waals surface area contributed by atoms with Gasteiger partial charge in [-0.3, -0.25) is 4.79 Å². The molecule has 0 saturated heterocycles. The fourth-order valence-corrected chi connectivity index (χ4v) is 1.42. The summed E-state index contributed by atoms with van der Waals surface area (Å²) in [5, 5.41) is 2.81. The monoisotopic (exact) mass is 221 g/mol. The van der Waals surface area contributed by atoms with Gasteiger partial charge in [0.2, 0.25) is 8.32 Å². The number of ether oxygens (including phenoxy) is 1. The van der Waals surface area contributed by atoms with Crippen molar-refractivity contribution >= 4 is 31.7 Å². The minimum atomic E-state index is -1.78. The molecule has 0 heterocycles. The molecular formula is C7H15NO3SSi. The van der Waals surface area contributed by atoms with Crippen LogP contribution in [-0.2, 0) is 14.0 Å². The average molecular weight is 221 g/mol. The third-order valence-electron chi connectivity index (χ3n) is 0.982. The maximum atomic E-state index is 11.1. The highest BCUT2D eigenvalue weighted by Gasteiger charge is 2.19. The van der Waals surface area contributed by atoms with E-state index in [1.165, 1.54) is 7.11 Å². The molecule has 0 aliphatic rings. The zero-order chi connectivity index (χ0) is 10.5. The Labute approximate surface area is 84.7 Å². The number of methoxy groups -OCH3 is 1. The van der Waals surface area contributed by atoms with Gasteiger partial charge in [0.15, 0.2) is 0 Å². The summed E-state index contributed by atoms with van der Waals surface area (Å²) in [6.07, 6.45) is 0. The van der Waals surface area contributed by atoms with E-state index in [0.29, 0.717) is 0 Å². The van der Waals surface area contributed by atoms with Crippen LogP contribution in [-0.4, -0.2) is 33.1 Å². The van der Waals surface area contributed by atoms with E-state index in [2.05, 4.69) is 22.3 Å². The lowest BCUT2D eigenvalue weighted by molar-refractivity contribution is -0.133. The van der Waals surface area contributed by atoms with Crippen LogP contribution in [0.4, 0.5) is 0 Å². The fraction of sp³-hybridized carbons (Fsp3) is 0.714. The lowest BCUT2D eigenvalue weighted by Gasteiger charge is -2.17. The van der Waals surface area contributed by atoms with Crippen molar-refractivity contribution in [3.8, 4) is 0 Å². The summed E-state index contributed by atoms with van der Waals surface area (Å²) >= 11 is 4.69. The molecule has 0 aliphatic heterocycles. The van der Waals surface area contributed by atoms with Crippen molar-refractivity contribution in [1.82, 2.24) is 5.32 Å². The SMILES string of the molecule is COC(=S)NCC(=O)O[Si](C)(C)C. The van der Waals surface area contributed by atoms with Gasteiger partial charge in [-0.05, 0) is 31.9 Å². The van der Waals surface area contributed by atoms with Crippen LogP contribution < -0.4 is 5.32 Å². The number of hydrogen-bond acceptors (Lipinski definition) is 4. The van der Waals surface area contributed by atoms with E-state index in [-0.39, 0.29) is 17.7 Å². The minimum Gasteiger partial charge on any atom is -0.519 e. The second-order valence-corrected chi connectivity index (χ2v) is 8.23. The predicted molar refractivity (Wildman–Crippen MR) is 57.0 cm³/mol. The first-order chi connectivity index (χ1) is 5.85. The Kier molecular flexibility index (Phi) is 4.93. The highest BCUT2D eigenvalue weighted by Crippen LogP contribution is 2.01. The first-order valence-corrected chi connectivity index (χ1v) is 7.70. The zero-order valence-corrected chi connectivity index (χ0v) is 10.2. The molecule has 4 nitrogen and oxygen atoms in total. The van der Waals surface area contributed by atoms with E-state index < -0.39 is 8.32 Å². The second-order valence-electron chi connectivity index (χ2n) is 3.43.